The number of aromatic nitrogens is 1. The van der Waals surface area contributed by atoms with E-state index >= 15 is 0 Å². The first-order valence-corrected chi connectivity index (χ1v) is 6.36. The monoisotopic (exact) mass is 364 g/mol. The third-order valence-corrected chi connectivity index (χ3v) is 3.04. The summed E-state index contributed by atoms with van der Waals surface area (Å²) in [6.07, 6.45) is 1.49. The molecule has 0 atom stereocenters. The van der Waals surface area contributed by atoms with Gasteiger partial charge in [0.25, 0.3) is 5.91 Å². The number of rotatable bonds is 4. The van der Waals surface area contributed by atoms with E-state index in [2.05, 4.69) is 36.8 Å². The van der Waals surface area contributed by atoms with Gasteiger partial charge in [0.1, 0.15) is 12.2 Å². The van der Waals surface area contributed by atoms with Gasteiger partial charge >= 0.3 is 5.97 Å². The highest BCUT2D eigenvalue weighted by Crippen LogP contribution is 2.20. The number of carbonyl (C=O) groups excluding carboxylic acids is 1. The van der Waals surface area contributed by atoms with Gasteiger partial charge in [0.15, 0.2) is 0 Å². The molecule has 5 nitrogen and oxygen atoms in total. The van der Waals surface area contributed by atoms with E-state index in [1.807, 2.05) is 0 Å². The number of halogens is 2. The number of nitrogens with zero attached hydrogens (tertiary/aromatic N) is 2. The molecule has 1 aromatic rings. The van der Waals surface area contributed by atoms with E-state index in [-0.39, 0.29) is 12.2 Å². The first kappa shape index (κ1) is 14.1. The van der Waals surface area contributed by atoms with E-state index in [4.69, 9.17) is 5.11 Å². The predicted molar refractivity (Wildman–Crippen MR) is 68.9 cm³/mol. The zero-order chi connectivity index (χ0) is 13.0. The molecule has 0 spiro atoms. The summed E-state index contributed by atoms with van der Waals surface area (Å²) in [6, 6.07) is 1.69. The van der Waals surface area contributed by atoms with Gasteiger partial charge in [0, 0.05) is 17.2 Å². The number of carbonyl (C=O) groups is 2. The van der Waals surface area contributed by atoms with E-state index in [0.717, 1.165) is 4.47 Å². The second kappa shape index (κ2) is 6.11. The number of carboxylic acid groups (broad SMARTS) is 1. The molecular weight excluding hydrogens is 356 g/mol. The lowest BCUT2D eigenvalue weighted by Crippen LogP contribution is -2.36. The first-order chi connectivity index (χ1) is 7.95. The fourth-order valence-electron chi connectivity index (χ4n) is 1.21. The van der Waals surface area contributed by atoms with Crippen molar-refractivity contribution in [1.29, 1.82) is 0 Å². The Bertz CT molecular complexity index is 451. The van der Waals surface area contributed by atoms with Gasteiger partial charge in [-0.15, -0.1) is 0 Å². The minimum absolute atomic E-state index is 0.205. The van der Waals surface area contributed by atoms with Crippen LogP contribution < -0.4 is 0 Å². The number of amides is 1. The summed E-state index contributed by atoms with van der Waals surface area (Å²) in [5, 5.41) is 8.69. The topological polar surface area (TPSA) is 70.5 Å². The van der Waals surface area contributed by atoms with Crippen LogP contribution in [0.2, 0.25) is 0 Å². The molecule has 92 valence electrons. The van der Waals surface area contributed by atoms with Crippen molar-refractivity contribution in [3.8, 4) is 0 Å². The van der Waals surface area contributed by atoms with Gasteiger partial charge in [-0.25, -0.2) is 4.98 Å². The van der Waals surface area contributed by atoms with E-state index in [1.165, 1.54) is 11.1 Å². The van der Waals surface area contributed by atoms with E-state index in [0.29, 0.717) is 11.0 Å². The molecule has 0 unspecified atom stereocenters. The van der Waals surface area contributed by atoms with Crippen molar-refractivity contribution in [3.05, 3.63) is 26.9 Å². The van der Waals surface area contributed by atoms with E-state index in [9.17, 15) is 9.59 Å². The van der Waals surface area contributed by atoms with Gasteiger partial charge in [-0.3, -0.25) is 9.59 Å². The normalized spacial score (nSPS) is 10.1. The second-order valence-electron chi connectivity index (χ2n) is 3.20. The molecule has 0 saturated heterocycles. The fourth-order valence-corrected chi connectivity index (χ4v) is 2.37. The van der Waals surface area contributed by atoms with Gasteiger partial charge < -0.3 is 10.0 Å². The fraction of sp³-hybridized carbons (Fsp3) is 0.300. The standard InChI is InChI=1S/C10H10Br2N2O3/c1-2-14(5-8(15)16)10(17)9-7(12)3-6(11)4-13-9/h3-4H,2,5H2,1H3,(H,15,16). The summed E-state index contributed by atoms with van der Waals surface area (Å²) in [7, 11) is 0. The van der Waals surface area contributed by atoms with Crippen molar-refractivity contribution in [3.63, 3.8) is 0 Å². The largest absolute Gasteiger partial charge is 0.480 e. The number of likely N-dealkylation sites (N-methyl/N-ethyl adjacent to an activating group) is 1. The molecule has 0 fully saturated rings. The molecule has 0 aliphatic rings. The molecule has 0 saturated carbocycles. The quantitative estimate of drug-likeness (QED) is 0.887. The Hall–Kier alpha value is -0.950. The Labute approximate surface area is 115 Å². The summed E-state index contributed by atoms with van der Waals surface area (Å²) in [5.41, 5.74) is 0.205. The lowest BCUT2D eigenvalue weighted by Gasteiger charge is -2.18. The molecular formula is C10H10Br2N2O3. The number of carboxylic acids is 1. The number of pyridine rings is 1. The van der Waals surface area contributed by atoms with Gasteiger partial charge in [0.05, 0.1) is 4.47 Å². The highest BCUT2D eigenvalue weighted by Gasteiger charge is 2.20. The Morgan fingerprint density at radius 2 is 2.12 bits per heavy atom. The van der Waals surface area contributed by atoms with Crippen molar-refractivity contribution >= 4 is 43.7 Å². The molecule has 1 N–H and O–H groups in total. The molecule has 0 bridgehead atoms. The lowest BCUT2D eigenvalue weighted by molar-refractivity contribution is -0.137. The highest BCUT2D eigenvalue weighted by molar-refractivity contribution is 9.11. The zero-order valence-corrected chi connectivity index (χ0v) is 12.2. The van der Waals surface area contributed by atoms with E-state index in [1.54, 1.807) is 13.0 Å². The molecule has 1 heterocycles. The minimum Gasteiger partial charge on any atom is -0.480 e. The Morgan fingerprint density at radius 3 is 2.59 bits per heavy atom. The highest BCUT2D eigenvalue weighted by atomic mass is 79.9. The van der Waals surface area contributed by atoms with Crippen molar-refractivity contribution in [2.45, 2.75) is 6.92 Å². The molecule has 0 aliphatic carbocycles. The van der Waals surface area contributed by atoms with Crippen LogP contribution in [-0.4, -0.2) is 40.0 Å². The third kappa shape index (κ3) is 3.78. The number of hydrogen-bond acceptors (Lipinski definition) is 3. The van der Waals surface area contributed by atoms with Crippen LogP contribution in [0.15, 0.2) is 21.2 Å². The van der Waals surface area contributed by atoms with Crippen LogP contribution in [0.25, 0.3) is 0 Å². The average molecular weight is 366 g/mol. The maximum Gasteiger partial charge on any atom is 0.323 e. The van der Waals surface area contributed by atoms with Crippen LogP contribution in [-0.2, 0) is 4.79 Å². The summed E-state index contributed by atoms with van der Waals surface area (Å²) >= 11 is 6.45. The lowest BCUT2D eigenvalue weighted by atomic mass is 10.3. The zero-order valence-electron chi connectivity index (χ0n) is 8.98. The van der Waals surface area contributed by atoms with Gasteiger partial charge in [-0.2, -0.15) is 0 Å². The Balaban J connectivity index is 2.97. The molecule has 0 radical (unpaired) electrons. The molecule has 1 aromatic heterocycles. The Morgan fingerprint density at radius 1 is 1.47 bits per heavy atom. The third-order valence-electron chi connectivity index (χ3n) is 2.01. The summed E-state index contributed by atoms with van der Waals surface area (Å²) in [6.45, 7) is 1.70. The molecule has 0 aromatic carbocycles. The number of hydrogen-bond donors (Lipinski definition) is 1. The van der Waals surface area contributed by atoms with E-state index < -0.39 is 11.9 Å². The van der Waals surface area contributed by atoms with Crippen molar-refractivity contribution in [1.82, 2.24) is 9.88 Å². The Kier molecular flexibility index (Phi) is 5.07. The first-order valence-electron chi connectivity index (χ1n) is 4.77. The predicted octanol–water partition coefficient (Wildman–Crippen LogP) is 2.15. The van der Waals surface area contributed by atoms with Crippen LogP contribution in [0.4, 0.5) is 0 Å². The molecule has 7 heteroatoms. The molecule has 17 heavy (non-hydrogen) atoms. The minimum atomic E-state index is -1.05. The molecule has 1 rings (SSSR count). The number of aliphatic carboxylic acids is 1. The summed E-state index contributed by atoms with van der Waals surface area (Å²) in [5.74, 6) is -1.46. The molecule has 0 aliphatic heterocycles. The van der Waals surface area contributed by atoms with Gasteiger partial charge in [-0.05, 0) is 44.8 Å². The van der Waals surface area contributed by atoms with Crippen molar-refractivity contribution in [2.24, 2.45) is 0 Å². The van der Waals surface area contributed by atoms with Crippen LogP contribution in [0.3, 0.4) is 0 Å². The van der Waals surface area contributed by atoms with Crippen LogP contribution in [0.5, 0.6) is 0 Å². The van der Waals surface area contributed by atoms with Gasteiger partial charge in [-0.1, -0.05) is 0 Å². The maximum atomic E-state index is 12.0. The summed E-state index contributed by atoms with van der Waals surface area (Å²) < 4.78 is 1.27. The average Bonchev–Trinajstić information content (AvgIpc) is 2.24. The van der Waals surface area contributed by atoms with Crippen LogP contribution in [0, 0.1) is 0 Å². The van der Waals surface area contributed by atoms with Crippen molar-refractivity contribution < 1.29 is 14.7 Å². The van der Waals surface area contributed by atoms with Crippen LogP contribution in [0.1, 0.15) is 17.4 Å². The molecule has 1 amide bonds. The SMILES string of the molecule is CCN(CC(=O)O)C(=O)c1ncc(Br)cc1Br. The van der Waals surface area contributed by atoms with Crippen molar-refractivity contribution in [2.75, 3.05) is 13.1 Å². The smallest absolute Gasteiger partial charge is 0.323 e. The van der Waals surface area contributed by atoms with Crippen LogP contribution >= 0.6 is 31.9 Å². The summed E-state index contributed by atoms with van der Waals surface area (Å²) in [4.78, 5) is 27.8. The maximum absolute atomic E-state index is 12.0. The second-order valence-corrected chi connectivity index (χ2v) is 4.97. The van der Waals surface area contributed by atoms with Gasteiger partial charge in [0.2, 0.25) is 0 Å².